The molecule has 0 radical (unpaired) electrons. The molecule has 2 aliphatic carbocycles. The molecule has 1 fully saturated rings. The van der Waals surface area contributed by atoms with Gasteiger partial charge in [0.15, 0.2) is 0 Å². The number of carboxylic acid groups (broad SMARTS) is 1. The standard InChI is InChI=1S/C28H34N2O5/c1-28(2,3)14-18(26(33)30(16-25(31)32)19-12-13-19)15-29-27(34)35-17-24-22-10-6-4-8-20(22)21-9-5-7-11-23(21)24/h4-11,18-19,24H,12-17H2,1-3H3,(H,29,34)(H,31,32). The van der Waals surface area contributed by atoms with Crippen molar-refractivity contribution in [2.75, 3.05) is 19.7 Å². The molecule has 1 unspecified atom stereocenters. The van der Waals surface area contributed by atoms with E-state index in [1.54, 1.807) is 0 Å². The van der Waals surface area contributed by atoms with Crippen molar-refractivity contribution < 1.29 is 24.2 Å². The first kappa shape index (κ1) is 24.8. The van der Waals surface area contributed by atoms with Gasteiger partial charge in [-0.1, -0.05) is 69.3 Å². The van der Waals surface area contributed by atoms with Crippen molar-refractivity contribution in [3.63, 3.8) is 0 Å². The van der Waals surface area contributed by atoms with E-state index in [0.29, 0.717) is 6.42 Å². The largest absolute Gasteiger partial charge is 0.480 e. The third kappa shape index (κ3) is 6.02. The summed E-state index contributed by atoms with van der Waals surface area (Å²) in [6, 6.07) is 16.3. The topological polar surface area (TPSA) is 95.9 Å². The molecule has 0 saturated heterocycles. The molecule has 0 aliphatic heterocycles. The van der Waals surface area contributed by atoms with Crippen LogP contribution in [0.25, 0.3) is 11.1 Å². The van der Waals surface area contributed by atoms with Crippen LogP contribution in [-0.2, 0) is 14.3 Å². The van der Waals surface area contributed by atoms with Crippen LogP contribution in [0.3, 0.4) is 0 Å². The van der Waals surface area contributed by atoms with Crippen molar-refractivity contribution in [3.05, 3.63) is 59.7 Å². The maximum absolute atomic E-state index is 13.3. The summed E-state index contributed by atoms with van der Waals surface area (Å²) in [6.45, 7) is 6.08. The maximum atomic E-state index is 13.3. The smallest absolute Gasteiger partial charge is 0.407 e. The number of amides is 2. The second-order valence-electron chi connectivity index (χ2n) is 10.8. The molecule has 4 rings (SSSR count). The molecule has 2 amide bonds. The number of hydrogen-bond acceptors (Lipinski definition) is 4. The Morgan fingerprint density at radius 3 is 2.11 bits per heavy atom. The number of fused-ring (bicyclic) bond motifs is 3. The number of aliphatic carboxylic acids is 1. The van der Waals surface area contributed by atoms with E-state index in [1.807, 2.05) is 45.0 Å². The highest BCUT2D eigenvalue weighted by Gasteiger charge is 2.38. The third-order valence-electron chi connectivity index (χ3n) is 6.62. The monoisotopic (exact) mass is 478 g/mol. The van der Waals surface area contributed by atoms with Gasteiger partial charge in [-0.05, 0) is 46.9 Å². The fourth-order valence-electron chi connectivity index (χ4n) is 5.00. The number of carbonyl (C=O) groups excluding carboxylic acids is 2. The molecule has 1 atom stereocenters. The molecule has 35 heavy (non-hydrogen) atoms. The summed E-state index contributed by atoms with van der Waals surface area (Å²) >= 11 is 0. The minimum atomic E-state index is -1.02. The molecule has 2 N–H and O–H groups in total. The van der Waals surface area contributed by atoms with Crippen molar-refractivity contribution in [2.24, 2.45) is 11.3 Å². The van der Waals surface area contributed by atoms with E-state index in [-0.39, 0.29) is 43.0 Å². The number of carbonyl (C=O) groups is 3. The van der Waals surface area contributed by atoms with Crippen LogP contribution in [0.2, 0.25) is 0 Å². The predicted molar refractivity (Wildman–Crippen MR) is 133 cm³/mol. The number of alkyl carbamates (subject to hydrolysis) is 1. The number of carboxylic acids is 1. The number of nitrogens with one attached hydrogen (secondary N) is 1. The predicted octanol–water partition coefficient (Wildman–Crippen LogP) is 4.65. The zero-order chi connectivity index (χ0) is 25.2. The molecule has 2 aromatic carbocycles. The van der Waals surface area contributed by atoms with Gasteiger partial charge < -0.3 is 20.1 Å². The lowest BCUT2D eigenvalue weighted by Crippen LogP contribution is -2.46. The lowest BCUT2D eigenvalue weighted by Gasteiger charge is -2.30. The van der Waals surface area contributed by atoms with Crippen molar-refractivity contribution >= 4 is 18.0 Å². The first-order chi connectivity index (χ1) is 16.6. The van der Waals surface area contributed by atoms with Gasteiger partial charge in [0.25, 0.3) is 0 Å². The number of hydrogen-bond donors (Lipinski definition) is 2. The van der Waals surface area contributed by atoms with Gasteiger partial charge in [0.2, 0.25) is 5.91 Å². The second kappa shape index (κ2) is 10.1. The van der Waals surface area contributed by atoms with Crippen LogP contribution in [0.5, 0.6) is 0 Å². The summed E-state index contributed by atoms with van der Waals surface area (Å²) in [5.74, 6) is -1.80. The summed E-state index contributed by atoms with van der Waals surface area (Å²) < 4.78 is 5.62. The number of ether oxygens (including phenoxy) is 1. The summed E-state index contributed by atoms with van der Waals surface area (Å²) in [7, 11) is 0. The van der Waals surface area contributed by atoms with Crippen molar-refractivity contribution in [1.29, 1.82) is 0 Å². The second-order valence-corrected chi connectivity index (χ2v) is 10.8. The summed E-state index contributed by atoms with van der Waals surface area (Å²) in [5, 5.41) is 12.0. The van der Waals surface area contributed by atoms with Gasteiger partial charge in [0, 0.05) is 18.5 Å². The summed E-state index contributed by atoms with van der Waals surface area (Å²) in [6.07, 6.45) is 1.59. The molecule has 0 spiro atoms. The van der Waals surface area contributed by atoms with E-state index in [0.717, 1.165) is 35.1 Å². The minimum absolute atomic E-state index is 0.0180. The van der Waals surface area contributed by atoms with E-state index in [9.17, 15) is 19.5 Å². The quantitative estimate of drug-likeness (QED) is 0.547. The Bertz CT molecular complexity index is 1060. The minimum Gasteiger partial charge on any atom is -0.480 e. The molecular weight excluding hydrogens is 444 g/mol. The van der Waals surface area contributed by atoms with Gasteiger partial charge in [-0.25, -0.2) is 4.79 Å². The zero-order valence-electron chi connectivity index (χ0n) is 20.6. The van der Waals surface area contributed by atoms with Crippen molar-refractivity contribution in [2.45, 2.75) is 52.0 Å². The van der Waals surface area contributed by atoms with Crippen LogP contribution < -0.4 is 5.32 Å². The molecule has 2 aromatic rings. The third-order valence-corrected chi connectivity index (χ3v) is 6.62. The Balaban J connectivity index is 1.39. The molecule has 1 saturated carbocycles. The van der Waals surface area contributed by atoms with Gasteiger partial charge in [0.05, 0.1) is 5.92 Å². The maximum Gasteiger partial charge on any atom is 0.407 e. The fourth-order valence-corrected chi connectivity index (χ4v) is 5.00. The van der Waals surface area contributed by atoms with Crippen LogP contribution in [0.4, 0.5) is 4.79 Å². The SMILES string of the molecule is CC(C)(C)CC(CNC(=O)OCC1c2ccccc2-c2ccccc21)C(=O)N(CC(=O)O)C1CC1. The van der Waals surface area contributed by atoms with Crippen molar-refractivity contribution in [1.82, 2.24) is 10.2 Å². The lowest BCUT2D eigenvalue weighted by atomic mass is 9.84. The molecule has 2 aliphatic rings. The summed E-state index contributed by atoms with van der Waals surface area (Å²) in [5.41, 5.74) is 4.42. The molecular formula is C28H34N2O5. The fraction of sp³-hybridized carbons (Fsp3) is 0.464. The Labute approximate surface area is 206 Å². The van der Waals surface area contributed by atoms with Gasteiger partial charge in [0.1, 0.15) is 13.2 Å². The molecule has 7 heteroatoms. The average Bonchev–Trinajstić information content (AvgIpc) is 3.60. The van der Waals surface area contributed by atoms with Crippen LogP contribution >= 0.6 is 0 Å². The van der Waals surface area contributed by atoms with Gasteiger partial charge >= 0.3 is 12.1 Å². The van der Waals surface area contributed by atoms with E-state index in [4.69, 9.17) is 4.74 Å². The average molecular weight is 479 g/mol. The molecule has 7 nitrogen and oxygen atoms in total. The van der Waals surface area contributed by atoms with Crippen LogP contribution in [0.1, 0.15) is 57.1 Å². The molecule has 0 bridgehead atoms. The van der Waals surface area contributed by atoms with E-state index in [1.165, 1.54) is 4.90 Å². The van der Waals surface area contributed by atoms with Crippen LogP contribution in [0.15, 0.2) is 48.5 Å². The number of benzene rings is 2. The van der Waals surface area contributed by atoms with Crippen LogP contribution in [0, 0.1) is 11.3 Å². The number of rotatable bonds is 9. The van der Waals surface area contributed by atoms with E-state index < -0.39 is 18.0 Å². The van der Waals surface area contributed by atoms with Crippen molar-refractivity contribution in [3.8, 4) is 11.1 Å². The zero-order valence-corrected chi connectivity index (χ0v) is 20.6. The number of nitrogens with zero attached hydrogens (tertiary/aromatic N) is 1. The highest BCUT2D eigenvalue weighted by molar-refractivity contribution is 5.84. The Morgan fingerprint density at radius 2 is 1.60 bits per heavy atom. The lowest BCUT2D eigenvalue weighted by molar-refractivity contribution is -0.147. The summed E-state index contributed by atoms with van der Waals surface area (Å²) in [4.78, 5) is 38.7. The van der Waals surface area contributed by atoms with Gasteiger partial charge in [-0.2, -0.15) is 0 Å². The molecule has 186 valence electrons. The Hall–Kier alpha value is -3.35. The van der Waals surface area contributed by atoms with E-state index in [2.05, 4.69) is 29.6 Å². The van der Waals surface area contributed by atoms with Gasteiger partial charge in [-0.15, -0.1) is 0 Å². The van der Waals surface area contributed by atoms with E-state index >= 15 is 0 Å². The highest BCUT2D eigenvalue weighted by Crippen LogP contribution is 2.44. The first-order valence-electron chi connectivity index (χ1n) is 12.2. The van der Waals surface area contributed by atoms with Crippen LogP contribution in [-0.4, -0.2) is 53.7 Å². The Morgan fingerprint density at radius 1 is 1.03 bits per heavy atom. The first-order valence-corrected chi connectivity index (χ1v) is 12.2. The normalized spacial score (nSPS) is 15.6. The molecule has 0 aromatic heterocycles. The Kier molecular flexibility index (Phi) is 7.15. The highest BCUT2D eigenvalue weighted by atomic mass is 16.5. The molecule has 0 heterocycles. The van der Waals surface area contributed by atoms with Gasteiger partial charge in [-0.3, -0.25) is 9.59 Å².